The molecule has 2 aromatic carbocycles. The normalized spacial score (nSPS) is 30.9. The van der Waals surface area contributed by atoms with Gasteiger partial charge in [-0.15, -0.1) is 0 Å². The predicted molar refractivity (Wildman–Crippen MR) is 112 cm³/mol. The van der Waals surface area contributed by atoms with Gasteiger partial charge in [-0.05, 0) is 72.4 Å². The minimum Gasteiger partial charge on any atom is -0.486 e. The van der Waals surface area contributed by atoms with Crippen molar-refractivity contribution in [2.24, 2.45) is 0 Å². The third kappa shape index (κ3) is 3.42. The van der Waals surface area contributed by atoms with E-state index < -0.39 is 30.0 Å². The number of hydrogen-bond donors (Lipinski definition) is 3. The second-order valence-corrected chi connectivity index (χ2v) is 9.42. The van der Waals surface area contributed by atoms with Gasteiger partial charge in [0, 0.05) is 0 Å². The summed E-state index contributed by atoms with van der Waals surface area (Å²) in [6.07, 6.45) is 0.511. The van der Waals surface area contributed by atoms with Gasteiger partial charge in [0.25, 0.3) is 0 Å². The van der Waals surface area contributed by atoms with E-state index in [0.717, 1.165) is 29.0 Å². The van der Waals surface area contributed by atoms with Crippen molar-refractivity contribution in [3.05, 3.63) is 58.7 Å². The molecule has 164 valence electrons. The molecule has 2 aliphatic carbocycles. The summed E-state index contributed by atoms with van der Waals surface area (Å²) < 4.78 is 17.6. The fourth-order valence-electron chi connectivity index (χ4n) is 5.04. The Morgan fingerprint density at radius 1 is 0.871 bits per heavy atom. The van der Waals surface area contributed by atoms with Gasteiger partial charge in [0.2, 0.25) is 0 Å². The van der Waals surface area contributed by atoms with Crippen molar-refractivity contribution in [2.45, 2.75) is 68.0 Å². The SMILES string of the molecule is O[C@@H]1[C@@H](O)[C@H](O)C2(CC2)O[C@H]1c1ccc(C2CC2)c(Cc2ccc3c(c2)OCCO3)c1. The van der Waals surface area contributed by atoms with E-state index >= 15 is 0 Å². The van der Waals surface area contributed by atoms with E-state index in [1.807, 2.05) is 18.2 Å². The van der Waals surface area contributed by atoms with Crippen LogP contribution in [-0.2, 0) is 11.2 Å². The number of hydrogen-bond acceptors (Lipinski definition) is 6. The Labute approximate surface area is 181 Å². The second-order valence-electron chi connectivity index (χ2n) is 9.42. The van der Waals surface area contributed by atoms with Gasteiger partial charge >= 0.3 is 0 Å². The van der Waals surface area contributed by atoms with Gasteiger partial charge in [-0.25, -0.2) is 0 Å². The molecule has 0 unspecified atom stereocenters. The third-order valence-corrected chi connectivity index (χ3v) is 7.14. The van der Waals surface area contributed by atoms with Crippen molar-refractivity contribution in [3.8, 4) is 11.5 Å². The van der Waals surface area contributed by atoms with E-state index in [-0.39, 0.29) is 0 Å². The monoisotopic (exact) mass is 424 g/mol. The van der Waals surface area contributed by atoms with Gasteiger partial charge < -0.3 is 29.5 Å². The zero-order valence-corrected chi connectivity index (χ0v) is 17.4. The standard InChI is InChI=1S/C25H28O6/c26-21-22(27)24(28)25(7-8-25)31-23(21)16-4-5-18(15-2-3-15)17(13-16)11-14-1-6-19-20(12-14)30-10-9-29-19/h1,4-6,12-13,15,21-24,26-28H,2-3,7-11H2/t21-,22-,23+,24+/m1/s1. The first-order chi connectivity index (χ1) is 15.0. The molecule has 4 atom stereocenters. The van der Waals surface area contributed by atoms with Crippen molar-refractivity contribution >= 4 is 0 Å². The zero-order chi connectivity index (χ0) is 21.2. The summed E-state index contributed by atoms with van der Waals surface area (Å²) in [7, 11) is 0. The molecule has 2 saturated carbocycles. The van der Waals surface area contributed by atoms with Gasteiger partial charge in [-0.2, -0.15) is 0 Å². The van der Waals surface area contributed by atoms with Crippen LogP contribution >= 0.6 is 0 Å². The maximum absolute atomic E-state index is 10.7. The van der Waals surface area contributed by atoms with Crippen LogP contribution in [0.25, 0.3) is 0 Å². The van der Waals surface area contributed by atoms with E-state index in [1.165, 1.54) is 24.0 Å². The average Bonchev–Trinajstić information content (AvgIpc) is 3.71. The maximum Gasteiger partial charge on any atom is 0.161 e. The highest BCUT2D eigenvalue weighted by atomic mass is 16.6. The summed E-state index contributed by atoms with van der Waals surface area (Å²) >= 11 is 0. The fourth-order valence-corrected chi connectivity index (χ4v) is 5.04. The third-order valence-electron chi connectivity index (χ3n) is 7.14. The Hall–Kier alpha value is -2.12. The molecule has 0 aromatic heterocycles. The maximum atomic E-state index is 10.7. The molecule has 1 saturated heterocycles. The Balaban J connectivity index is 1.32. The minimum absolute atomic E-state index is 0.562. The first-order valence-electron chi connectivity index (χ1n) is 11.3. The number of aliphatic hydroxyl groups excluding tert-OH is 3. The lowest BCUT2D eigenvalue weighted by Gasteiger charge is -2.41. The Bertz CT molecular complexity index is 996. The lowest BCUT2D eigenvalue weighted by Crippen LogP contribution is -2.55. The van der Waals surface area contributed by atoms with Crippen LogP contribution in [0.2, 0.25) is 0 Å². The molecule has 31 heavy (non-hydrogen) atoms. The molecule has 2 aliphatic heterocycles. The summed E-state index contributed by atoms with van der Waals surface area (Å²) in [6.45, 7) is 1.14. The van der Waals surface area contributed by atoms with Crippen LogP contribution in [0.4, 0.5) is 0 Å². The van der Waals surface area contributed by atoms with Crippen LogP contribution in [0.5, 0.6) is 11.5 Å². The molecule has 6 heteroatoms. The van der Waals surface area contributed by atoms with Crippen molar-refractivity contribution in [2.75, 3.05) is 13.2 Å². The largest absolute Gasteiger partial charge is 0.486 e. The highest BCUT2D eigenvalue weighted by Crippen LogP contribution is 2.52. The minimum atomic E-state index is -1.20. The molecular weight excluding hydrogens is 396 g/mol. The van der Waals surface area contributed by atoms with Crippen LogP contribution in [0.1, 0.15) is 60.0 Å². The predicted octanol–water partition coefficient (Wildman–Crippen LogP) is 2.61. The van der Waals surface area contributed by atoms with Crippen LogP contribution in [-0.4, -0.2) is 52.4 Å². The fraction of sp³-hybridized carbons (Fsp3) is 0.520. The van der Waals surface area contributed by atoms with Crippen LogP contribution in [0.15, 0.2) is 36.4 Å². The van der Waals surface area contributed by atoms with E-state index in [0.29, 0.717) is 32.0 Å². The van der Waals surface area contributed by atoms with Gasteiger partial charge in [0.15, 0.2) is 11.5 Å². The summed E-state index contributed by atoms with van der Waals surface area (Å²) in [5, 5.41) is 31.4. The van der Waals surface area contributed by atoms with Gasteiger partial charge in [-0.1, -0.05) is 24.3 Å². The molecule has 2 aromatic rings. The highest BCUT2D eigenvalue weighted by molar-refractivity contribution is 5.47. The number of fused-ring (bicyclic) bond motifs is 1. The molecule has 3 N–H and O–H groups in total. The molecule has 6 rings (SSSR count). The Morgan fingerprint density at radius 2 is 1.65 bits per heavy atom. The molecule has 0 bridgehead atoms. The van der Waals surface area contributed by atoms with Crippen molar-refractivity contribution in [1.29, 1.82) is 0 Å². The first-order valence-corrected chi connectivity index (χ1v) is 11.3. The van der Waals surface area contributed by atoms with Crippen molar-refractivity contribution in [3.63, 3.8) is 0 Å². The smallest absolute Gasteiger partial charge is 0.161 e. The summed E-state index contributed by atoms with van der Waals surface area (Å²) in [6, 6.07) is 12.3. The van der Waals surface area contributed by atoms with Crippen molar-refractivity contribution < 1.29 is 29.5 Å². The zero-order valence-electron chi connectivity index (χ0n) is 17.4. The topological polar surface area (TPSA) is 88.4 Å². The van der Waals surface area contributed by atoms with Crippen molar-refractivity contribution in [1.82, 2.24) is 0 Å². The van der Waals surface area contributed by atoms with Gasteiger partial charge in [0.1, 0.15) is 37.6 Å². The van der Waals surface area contributed by atoms with Crippen LogP contribution < -0.4 is 9.47 Å². The molecule has 2 heterocycles. The molecule has 4 aliphatic rings. The quantitative estimate of drug-likeness (QED) is 0.699. The van der Waals surface area contributed by atoms with E-state index in [9.17, 15) is 15.3 Å². The summed E-state index contributed by atoms with van der Waals surface area (Å²) in [5.41, 5.74) is 3.82. The molecule has 0 amide bonds. The molecule has 3 fully saturated rings. The summed E-state index contributed by atoms with van der Waals surface area (Å²) in [5.74, 6) is 2.15. The van der Waals surface area contributed by atoms with E-state index in [4.69, 9.17) is 14.2 Å². The number of benzene rings is 2. The Morgan fingerprint density at radius 3 is 2.39 bits per heavy atom. The number of aliphatic hydroxyl groups is 3. The number of ether oxygens (including phenoxy) is 3. The second kappa shape index (κ2) is 7.20. The van der Waals surface area contributed by atoms with E-state index in [1.54, 1.807) is 0 Å². The molecular formula is C25H28O6. The molecule has 6 nitrogen and oxygen atoms in total. The van der Waals surface area contributed by atoms with Crippen LogP contribution in [0.3, 0.4) is 0 Å². The lowest BCUT2D eigenvalue weighted by atomic mass is 9.87. The number of rotatable bonds is 4. The highest BCUT2D eigenvalue weighted by Gasteiger charge is 2.60. The average molecular weight is 424 g/mol. The first kappa shape index (κ1) is 19.6. The van der Waals surface area contributed by atoms with Gasteiger partial charge in [0.05, 0.1) is 5.60 Å². The Kier molecular flexibility index (Phi) is 4.54. The van der Waals surface area contributed by atoms with Gasteiger partial charge in [-0.3, -0.25) is 0 Å². The molecule has 1 spiro atoms. The summed E-state index contributed by atoms with van der Waals surface area (Å²) in [4.78, 5) is 0. The lowest BCUT2D eigenvalue weighted by molar-refractivity contribution is -0.236. The van der Waals surface area contributed by atoms with Crippen LogP contribution in [0, 0.1) is 0 Å². The molecule has 0 radical (unpaired) electrons. The van der Waals surface area contributed by atoms with E-state index in [2.05, 4.69) is 18.2 Å².